The molecule has 7 heteroatoms. The Kier molecular flexibility index (Phi) is 8.18. The normalized spacial score (nSPS) is 11.3. The average molecular weight is 366 g/mol. The van der Waals surface area contributed by atoms with Crippen LogP contribution in [-0.4, -0.2) is 24.9 Å². The van der Waals surface area contributed by atoms with Crippen LogP contribution >= 0.6 is 12.4 Å². The lowest BCUT2D eigenvalue weighted by Crippen LogP contribution is -2.36. The minimum Gasteiger partial charge on any atom is -0.459 e. The molecule has 0 aliphatic carbocycles. The second-order valence-electron chi connectivity index (χ2n) is 5.72. The Labute approximate surface area is 153 Å². The van der Waals surface area contributed by atoms with E-state index in [0.29, 0.717) is 25.3 Å². The molecule has 1 aromatic heterocycles. The van der Waals surface area contributed by atoms with Crippen molar-refractivity contribution in [3.63, 3.8) is 0 Å². The predicted octanol–water partition coefficient (Wildman–Crippen LogP) is 2.25. The lowest BCUT2D eigenvalue weighted by Gasteiger charge is -2.13. The van der Waals surface area contributed by atoms with Crippen LogP contribution in [0.25, 0.3) is 0 Å². The molecule has 2 rings (SSSR count). The van der Waals surface area contributed by atoms with Crippen molar-refractivity contribution < 1.29 is 14.0 Å². The third-order valence-electron chi connectivity index (χ3n) is 3.73. The molecule has 1 aromatic carbocycles. The topological polar surface area (TPSA) is 97.4 Å². The first kappa shape index (κ1) is 20.7. The number of hydrogen-bond donors (Lipinski definition) is 3. The Morgan fingerprint density at radius 1 is 1.08 bits per heavy atom. The van der Waals surface area contributed by atoms with Gasteiger partial charge in [0.25, 0.3) is 5.91 Å². The molecule has 1 heterocycles. The fourth-order valence-corrected chi connectivity index (χ4v) is 2.22. The van der Waals surface area contributed by atoms with Crippen LogP contribution in [0.1, 0.15) is 39.7 Å². The van der Waals surface area contributed by atoms with Crippen LogP contribution in [0.15, 0.2) is 41.0 Å². The Morgan fingerprint density at radius 2 is 1.72 bits per heavy atom. The van der Waals surface area contributed by atoms with Gasteiger partial charge in [-0.1, -0.05) is 29.8 Å². The largest absolute Gasteiger partial charge is 0.459 e. The van der Waals surface area contributed by atoms with Crippen molar-refractivity contribution in [2.45, 2.75) is 26.3 Å². The summed E-state index contributed by atoms with van der Waals surface area (Å²) >= 11 is 0. The number of nitrogens with two attached hydrogens (primary N) is 1. The van der Waals surface area contributed by atoms with Crippen molar-refractivity contribution in [2.24, 2.45) is 5.73 Å². The predicted molar refractivity (Wildman–Crippen MR) is 98.8 cm³/mol. The summed E-state index contributed by atoms with van der Waals surface area (Å²) in [6, 6.07) is 8.60. The Morgan fingerprint density at radius 3 is 2.32 bits per heavy atom. The summed E-state index contributed by atoms with van der Waals surface area (Å²) in [7, 11) is 0. The second-order valence-corrected chi connectivity index (χ2v) is 5.72. The Hall–Kier alpha value is -2.31. The summed E-state index contributed by atoms with van der Waals surface area (Å²) in [4.78, 5) is 23.9. The van der Waals surface area contributed by atoms with Crippen molar-refractivity contribution in [1.82, 2.24) is 10.6 Å². The van der Waals surface area contributed by atoms with E-state index in [2.05, 4.69) is 10.6 Å². The summed E-state index contributed by atoms with van der Waals surface area (Å²) in [6.07, 6.45) is 2.09. The highest BCUT2D eigenvalue weighted by Crippen LogP contribution is 2.11. The summed E-state index contributed by atoms with van der Waals surface area (Å²) in [5.41, 5.74) is 8.63. The highest BCUT2D eigenvalue weighted by Gasteiger charge is 2.15. The van der Waals surface area contributed by atoms with Gasteiger partial charge in [-0.3, -0.25) is 9.59 Å². The number of furan rings is 1. The highest BCUT2D eigenvalue weighted by molar-refractivity contribution is 5.92. The van der Waals surface area contributed by atoms with E-state index < -0.39 is 6.04 Å². The second kappa shape index (κ2) is 9.86. The number of rotatable bonds is 7. The summed E-state index contributed by atoms with van der Waals surface area (Å²) in [5.74, 6) is -0.160. The van der Waals surface area contributed by atoms with Gasteiger partial charge in [0, 0.05) is 18.7 Å². The lowest BCUT2D eigenvalue weighted by atomic mass is 10.1. The van der Waals surface area contributed by atoms with Crippen molar-refractivity contribution in [2.75, 3.05) is 13.1 Å². The smallest absolute Gasteiger partial charge is 0.287 e. The van der Waals surface area contributed by atoms with Crippen LogP contribution in [-0.2, 0) is 4.79 Å². The van der Waals surface area contributed by atoms with Gasteiger partial charge < -0.3 is 20.8 Å². The van der Waals surface area contributed by atoms with E-state index in [1.54, 1.807) is 6.07 Å². The maximum absolute atomic E-state index is 12.0. The minimum absolute atomic E-state index is 0. The first-order valence-corrected chi connectivity index (χ1v) is 7.91. The molecule has 2 aromatic rings. The number of amides is 2. The van der Waals surface area contributed by atoms with E-state index >= 15 is 0 Å². The third kappa shape index (κ3) is 5.92. The molecule has 0 bridgehead atoms. The van der Waals surface area contributed by atoms with Crippen molar-refractivity contribution in [1.29, 1.82) is 0 Å². The van der Waals surface area contributed by atoms with Crippen LogP contribution < -0.4 is 16.4 Å². The Balaban J connectivity index is 0.00000312. The van der Waals surface area contributed by atoms with Crippen LogP contribution in [0.2, 0.25) is 0 Å². The fraction of sp³-hybridized carbons (Fsp3) is 0.333. The zero-order valence-electron chi connectivity index (χ0n) is 14.4. The van der Waals surface area contributed by atoms with Crippen LogP contribution in [0.4, 0.5) is 0 Å². The molecule has 0 spiro atoms. The van der Waals surface area contributed by atoms with E-state index in [9.17, 15) is 9.59 Å². The number of carbonyl (C=O) groups excluding carboxylic acids is 2. The number of hydrogen-bond acceptors (Lipinski definition) is 4. The number of aryl methyl sites for hydroxylation is 2. The molecule has 2 amide bonds. The molecule has 25 heavy (non-hydrogen) atoms. The summed E-state index contributed by atoms with van der Waals surface area (Å²) in [6.45, 7) is 4.67. The first-order chi connectivity index (χ1) is 11.5. The van der Waals surface area contributed by atoms with Gasteiger partial charge >= 0.3 is 0 Å². The van der Waals surface area contributed by atoms with Crippen molar-refractivity contribution in [3.8, 4) is 0 Å². The third-order valence-corrected chi connectivity index (χ3v) is 3.73. The average Bonchev–Trinajstić information content (AvgIpc) is 3.00. The molecule has 0 aliphatic heterocycles. The quantitative estimate of drug-likeness (QED) is 0.655. The standard InChI is InChI=1S/C18H23N3O3.ClH/c1-12-4-6-14(7-5-12)15(19)17(22)20-9-3-10-21-18(23)16-13(2)8-11-24-16;/h4-8,11,15H,3,9-10,19H2,1-2H3,(H,20,22)(H,21,23);1H. The zero-order chi connectivity index (χ0) is 17.5. The van der Waals surface area contributed by atoms with Crippen LogP contribution in [0.5, 0.6) is 0 Å². The molecule has 0 fully saturated rings. The number of benzene rings is 1. The first-order valence-electron chi connectivity index (χ1n) is 7.91. The molecule has 136 valence electrons. The summed E-state index contributed by atoms with van der Waals surface area (Å²) < 4.78 is 5.11. The molecular formula is C18H24ClN3O3. The lowest BCUT2D eigenvalue weighted by molar-refractivity contribution is -0.122. The van der Waals surface area contributed by atoms with Gasteiger partial charge in [0.15, 0.2) is 5.76 Å². The van der Waals surface area contributed by atoms with Gasteiger partial charge in [0.2, 0.25) is 5.91 Å². The molecule has 0 aliphatic rings. The number of nitrogens with one attached hydrogen (secondary N) is 2. The van der Waals surface area contributed by atoms with E-state index in [-0.39, 0.29) is 24.2 Å². The van der Waals surface area contributed by atoms with Crippen molar-refractivity contribution >= 4 is 24.2 Å². The van der Waals surface area contributed by atoms with Gasteiger partial charge in [-0.25, -0.2) is 0 Å². The maximum atomic E-state index is 12.0. The summed E-state index contributed by atoms with van der Waals surface area (Å²) in [5, 5.41) is 5.53. The monoisotopic (exact) mass is 365 g/mol. The molecule has 1 atom stereocenters. The van der Waals surface area contributed by atoms with Gasteiger partial charge in [0.1, 0.15) is 6.04 Å². The SMILES string of the molecule is Cc1ccc(C(N)C(=O)NCCCNC(=O)c2occc2C)cc1.Cl. The molecule has 1 unspecified atom stereocenters. The zero-order valence-corrected chi connectivity index (χ0v) is 15.2. The van der Waals surface area contributed by atoms with E-state index in [0.717, 1.165) is 16.7 Å². The molecule has 0 saturated heterocycles. The molecule has 6 nitrogen and oxygen atoms in total. The van der Waals surface area contributed by atoms with Gasteiger partial charge in [-0.15, -0.1) is 12.4 Å². The minimum atomic E-state index is -0.689. The Bertz CT molecular complexity index is 698. The molecule has 0 saturated carbocycles. The van der Waals surface area contributed by atoms with Crippen LogP contribution in [0.3, 0.4) is 0 Å². The van der Waals surface area contributed by atoms with E-state index in [1.807, 2.05) is 38.1 Å². The van der Waals surface area contributed by atoms with Gasteiger partial charge in [0.05, 0.1) is 6.26 Å². The molecule has 0 radical (unpaired) electrons. The van der Waals surface area contributed by atoms with E-state index in [1.165, 1.54) is 6.26 Å². The van der Waals surface area contributed by atoms with Gasteiger partial charge in [-0.2, -0.15) is 0 Å². The van der Waals surface area contributed by atoms with Crippen LogP contribution in [0, 0.1) is 13.8 Å². The molecular weight excluding hydrogens is 342 g/mol. The van der Waals surface area contributed by atoms with Gasteiger partial charge in [-0.05, 0) is 31.9 Å². The number of halogens is 1. The van der Waals surface area contributed by atoms with E-state index in [4.69, 9.17) is 10.2 Å². The molecule has 4 N–H and O–H groups in total. The van der Waals surface area contributed by atoms with Crippen molar-refractivity contribution in [3.05, 3.63) is 59.0 Å². The number of carbonyl (C=O) groups is 2. The fourth-order valence-electron chi connectivity index (χ4n) is 2.22. The highest BCUT2D eigenvalue weighted by atomic mass is 35.5. The maximum Gasteiger partial charge on any atom is 0.287 e.